The fourth-order valence-electron chi connectivity index (χ4n) is 3.86. The molecule has 28 heavy (non-hydrogen) atoms. The molecular weight excluding hydrogens is 354 g/mol. The van der Waals surface area contributed by atoms with Crippen molar-refractivity contribution in [2.24, 2.45) is 0 Å². The molecule has 0 bridgehead atoms. The molecule has 2 aromatic carbocycles. The van der Waals surface area contributed by atoms with Gasteiger partial charge in [-0.1, -0.05) is 24.3 Å². The minimum Gasteiger partial charge on any atom is -0.423 e. The van der Waals surface area contributed by atoms with Crippen molar-refractivity contribution < 1.29 is 9.21 Å². The molecule has 1 saturated heterocycles. The van der Waals surface area contributed by atoms with Gasteiger partial charge in [0.2, 0.25) is 5.91 Å². The highest BCUT2D eigenvalue weighted by molar-refractivity contribution is 5.80. The van der Waals surface area contributed by atoms with Crippen LogP contribution in [0.5, 0.6) is 0 Å². The predicted octanol–water partition coefficient (Wildman–Crippen LogP) is 2.96. The molecule has 0 unspecified atom stereocenters. The molecule has 3 heterocycles. The van der Waals surface area contributed by atoms with Crippen molar-refractivity contribution in [3.63, 3.8) is 0 Å². The molecule has 0 spiro atoms. The lowest BCUT2D eigenvalue weighted by molar-refractivity contribution is -0.121. The first kappa shape index (κ1) is 16.8. The first-order chi connectivity index (χ1) is 13.8. The summed E-state index contributed by atoms with van der Waals surface area (Å²) in [6, 6.07) is 16.4. The van der Waals surface area contributed by atoms with Gasteiger partial charge in [0, 0.05) is 13.1 Å². The molecule has 0 saturated carbocycles. The van der Waals surface area contributed by atoms with Crippen molar-refractivity contribution in [1.29, 1.82) is 0 Å². The van der Waals surface area contributed by atoms with E-state index in [0.29, 0.717) is 12.6 Å². The van der Waals surface area contributed by atoms with Crippen molar-refractivity contribution in [3.05, 3.63) is 54.9 Å². The van der Waals surface area contributed by atoms with Crippen LogP contribution in [0, 0.1) is 0 Å². The molecule has 142 valence electrons. The number of amides is 1. The SMILES string of the molecule is O=C(Cn1cnc2ccccc21)NC[C@H]1CCCN1c1nc2ccccc2o1. The van der Waals surface area contributed by atoms with Gasteiger partial charge in [0.1, 0.15) is 12.1 Å². The van der Waals surface area contributed by atoms with Crippen molar-refractivity contribution in [2.75, 3.05) is 18.0 Å². The van der Waals surface area contributed by atoms with E-state index in [1.807, 2.05) is 53.1 Å². The summed E-state index contributed by atoms with van der Waals surface area (Å²) in [5.74, 6) is -0.0208. The van der Waals surface area contributed by atoms with E-state index in [2.05, 4.69) is 20.2 Å². The van der Waals surface area contributed by atoms with E-state index in [9.17, 15) is 4.79 Å². The number of hydrogen-bond donors (Lipinski definition) is 1. The number of aromatic nitrogens is 3. The van der Waals surface area contributed by atoms with Crippen LogP contribution < -0.4 is 10.2 Å². The lowest BCUT2D eigenvalue weighted by Crippen LogP contribution is -2.41. The van der Waals surface area contributed by atoms with Gasteiger partial charge in [0.05, 0.1) is 23.4 Å². The molecule has 4 aromatic rings. The molecule has 1 fully saturated rings. The Kier molecular flexibility index (Phi) is 4.20. The van der Waals surface area contributed by atoms with Gasteiger partial charge >= 0.3 is 0 Å². The average Bonchev–Trinajstić information content (AvgIpc) is 3.44. The minimum absolute atomic E-state index is 0.0208. The molecule has 1 aliphatic heterocycles. The zero-order valence-corrected chi connectivity index (χ0v) is 15.4. The van der Waals surface area contributed by atoms with Crippen molar-refractivity contribution in [3.8, 4) is 0 Å². The molecular formula is C21H21N5O2. The Bertz CT molecular complexity index is 1100. The van der Waals surface area contributed by atoms with E-state index >= 15 is 0 Å². The van der Waals surface area contributed by atoms with E-state index < -0.39 is 0 Å². The van der Waals surface area contributed by atoms with Crippen molar-refractivity contribution in [2.45, 2.75) is 25.4 Å². The molecule has 1 N–H and O–H groups in total. The Labute approximate surface area is 162 Å². The average molecular weight is 375 g/mol. The van der Waals surface area contributed by atoms with Gasteiger partial charge in [-0.15, -0.1) is 0 Å². The molecule has 0 aliphatic carbocycles. The zero-order chi connectivity index (χ0) is 18.9. The van der Waals surface area contributed by atoms with Crippen LogP contribution in [0.2, 0.25) is 0 Å². The Morgan fingerprint density at radius 1 is 1.14 bits per heavy atom. The summed E-state index contributed by atoms with van der Waals surface area (Å²) in [5, 5.41) is 3.06. The van der Waals surface area contributed by atoms with Gasteiger partial charge in [-0.3, -0.25) is 4.79 Å². The Morgan fingerprint density at radius 3 is 2.86 bits per heavy atom. The number of carbonyl (C=O) groups excluding carboxylic acids is 1. The summed E-state index contributed by atoms with van der Waals surface area (Å²) in [7, 11) is 0. The quantitative estimate of drug-likeness (QED) is 0.580. The molecule has 7 nitrogen and oxygen atoms in total. The number of fused-ring (bicyclic) bond motifs is 2. The maximum absolute atomic E-state index is 12.5. The smallest absolute Gasteiger partial charge is 0.298 e. The summed E-state index contributed by atoms with van der Waals surface area (Å²) in [6.45, 7) is 1.72. The van der Waals surface area contributed by atoms with Gasteiger partial charge in [-0.05, 0) is 37.1 Å². The zero-order valence-electron chi connectivity index (χ0n) is 15.4. The number of anilines is 1. The predicted molar refractivity (Wildman–Crippen MR) is 107 cm³/mol. The second-order valence-electron chi connectivity index (χ2n) is 7.12. The third-order valence-corrected chi connectivity index (χ3v) is 5.28. The highest BCUT2D eigenvalue weighted by Crippen LogP contribution is 2.28. The van der Waals surface area contributed by atoms with Crippen molar-refractivity contribution >= 4 is 34.1 Å². The normalized spacial score (nSPS) is 16.9. The monoisotopic (exact) mass is 375 g/mol. The second-order valence-corrected chi connectivity index (χ2v) is 7.12. The molecule has 1 amide bonds. The largest absolute Gasteiger partial charge is 0.423 e. The van der Waals surface area contributed by atoms with Gasteiger partial charge in [0.15, 0.2) is 5.58 Å². The molecule has 1 atom stereocenters. The summed E-state index contributed by atoms with van der Waals surface area (Å²) in [4.78, 5) is 23.6. The first-order valence-electron chi connectivity index (χ1n) is 9.57. The summed E-state index contributed by atoms with van der Waals surface area (Å²) >= 11 is 0. The molecule has 0 radical (unpaired) electrons. The highest BCUT2D eigenvalue weighted by Gasteiger charge is 2.28. The van der Waals surface area contributed by atoms with E-state index in [1.54, 1.807) is 6.33 Å². The van der Waals surface area contributed by atoms with Crippen LogP contribution in [-0.4, -0.2) is 39.6 Å². The fourth-order valence-corrected chi connectivity index (χ4v) is 3.86. The lowest BCUT2D eigenvalue weighted by atomic mass is 10.2. The summed E-state index contributed by atoms with van der Waals surface area (Å²) in [6.07, 6.45) is 3.78. The van der Waals surface area contributed by atoms with Gasteiger partial charge in [-0.2, -0.15) is 4.98 Å². The van der Waals surface area contributed by atoms with E-state index in [0.717, 1.165) is 41.5 Å². The van der Waals surface area contributed by atoms with E-state index in [-0.39, 0.29) is 18.5 Å². The van der Waals surface area contributed by atoms with Crippen LogP contribution in [0.3, 0.4) is 0 Å². The van der Waals surface area contributed by atoms with Gasteiger partial charge in [0.25, 0.3) is 6.01 Å². The molecule has 2 aromatic heterocycles. The standard InChI is InChI=1S/C21H21N5O2/c27-20(13-25-14-23-16-7-1-3-9-18(16)25)22-12-15-6-5-11-26(15)21-24-17-8-2-4-10-19(17)28-21/h1-4,7-10,14-15H,5-6,11-13H2,(H,22,27)/t15-/m1/s1. The first-order valence-corrected chi connectivity index (χ1v) is 9.57. The second kappa shape index (κ2) is 6.99. The maximum Gasteiger partial charge on any atom is 0.298 e. The number of hydrogen-bond acceptors (Lipinski definition) is 5. The van der Waals surface area contributed by atoms with Crippen LogP contribution in [0.4, 0.5) is 6.01 Å². The number of rotatable bonds is 5. The van der Waals surface area contributed by atoms with Crippen LogP contribution >= 0.6 is 0 Å². The maximum atomic E-state index is 12.5. The fraction of sp³-hybridized carbons (Fsp3) is 0.286. The number of benzene rings is 2. The Balaban J connectivity index is 1.24. The Morgan fingerprint density at radius 2 is 1.96 bits per heavy atom. The van der Waals surface area contributed by atoms with Crippen LogP contribution in [-0.2, 0) is 11.3 Å². The molecule has 7 heteroatoms. The number of oxazole rings is 1. The number of carbonyl (C=O) groups is 1. The Hall–Kier alpha value is -3.35. The number of nitrogens with one attached hydrogen (secondary N) is 1. The topological polar surface area (TPSA) is 76.2 Å². The third-order valence-electron chi connectivity index (χ3n) is 5.28. The summed E-state index contributed by atoms with van der Waals surface area (Å²) in [5.41, 5.74) is 3.51. The number of nitrogens with zero attached hydrogens (tertiary/aromatic N) is 4. The van der Waals surface area contributed by atoms with Gasteiger partial charge in [-0.25, -0.2) is 4.98 Å². The number of imidazole rings is 1. The molecule has 5 rings (SSSR count). The van der Waals surface area contributed by atoms with Crippen LogP contribution in [0.1, 0.15) is 12.8 Å². The summed E-state index contributed by atoms with van der Waals surface area (Å²) < 4.78 is 7.79. The van der Waals surface area contributed by atoms with E-state index in [1.165, 1.54) is 0 Å². The highest BCUT2D eigenvalue weighted by atomic mass is 16.4. The lowest BCUT2D eigenvalue weighted by Gasteiger charge is -2.23. The van der Waals surface area contributed by atoms with Gasteiger partial charge < -0.3 is 19.2 Å². The van der Waals surface area contributed by atoms with Crippen LogP contribution in [0.25, 0.3) is 22.1 Å². The van der Waals surface area contributed by atoms with E-state index in [4.69, 9.17) is 4.42 Å². The van der Waals surface area contributed by atoms with Crippen molar-refractivity contribution in [1.82, 2.24) is 19.9 Å². The number of para-hydroxylation sites is 4. The van der Waals surface area contributed by atoms with Crippen LogP contribution in [0.15, 0.2) is 59.3 Å². The minimum atomic E-state index is -0.0208. The third kappa shape index (κ3) is 3.09. The molecule has 1 aliphatic rings.